The maximum Gasteiger partial charge on any atom is 0.185 e. The van der Waals surface area contributed by atoms with Crippen LogP contribution >= 0.6 is 11.3 Å². The summed E-state index contributed by atoms with van der Waals surface area (Å²) in [6, 6.07) is 9.93. The molecule has 1 N–H and O–H groups in total. The van der Waals surface area contributed by atoms with E-state index in [0.29, 0.717) is 6.54 Å². The van der Waals surface area contributed by atoms with Gasteiger partial charge in [-0.3, -0.25) is 4.90 Å². The van der Waals surface area contributed by atoms with Crippen molar-refractivity contribution >= 4 is 16.5 Å². The van der Waals surface area contributed by atoms with Crippen LogP contribution < -0.4 is 4.90 Å². The summed E-state index contributed by atoms with van der Waals surface area (Å²) in [5.74, 6) is 0. The molecule has 2 aromatic rings. The average Bonchev–Trinajstić information content (AvgIpc) is 2.83. The summed E-state index contributed by atoms with van der Waals surface area (Å²) in [4.78, 5) is 9.31. The third-order valence-corrected chi connectivity index (χ3v) is 5.10. The topological polar surface area (TPSA) is 39.6 Å². The highest BCUT2D eigenvalue weighted by Gasteiger charge is 2.19. The van der Waals surface area contributed by atoms with E-state index in [1.165, 1.54) is 0 Å². The lowest BCUT2D eigenvalue weighted by Gasteiger charge is -2.24. The maximum absolute atomic E-state index is 10.4. The van der Waals surface area contributed by atoms with Crippen LogP contribution in [0.25, 0.3) is 0 Å². The number of benzene rings is 1. The Morgan fingerprint density at radius 2 is 2.00 bits per heavy atom. The minimum Gasteiger partial charge on any atom is -0.387 e. The number of aliphatic hydroxyl groups excluding tert-OH is 1. The highest BCUT2D eigenvalue weighted by molar-refractivity contribution is 7.13. The van der Waals surface area contributed by atoms with Gasteiger partial charge in [-0.25, -0.2) is 4.98 Å². The molecule has 1 aromatic heterocycles. The van der Waals surface area contributed by atoms with Crippen LogP contribution in [-0.4, -0.2) is 47.7 Å². The summed E-state index contributed by atoms with van der Waals surface area (Å²) in [6.07, 6.45) is 0.704. The summed E-state index contributed by atoms with van der Waals surface area (Å²) in [6.45, 7) is 6.78. The molecule has 1 fully saturated rings. The molecule has 0 unspecified atom stereocenters. The van der Waals surface area contributed by atoms with Crippen molar-refractivity contribution in [2.24, 2.45) is 0 Å². The van der Waals surface area contributed by atoms with Gasteiger partial charge in [0.05, 0.1) is 11.8 Å². The van der Waals surface area contributed by atoms with Crippen molar-refractivity contribution in [1.29, 1.82) is 0 Å². The van der Waals surface area contributed by atoms with Crippen molar-refractivity contribution < 1.29 is 5.11 Å². The Kier molecular flexibility index (Phi) is 5.08. The number of aryl methyl sites for hydroxylation is 1. The molecular formula is C17H23N3OS. The van der Waals surface area contributed by atoms with Gasteiger partial charge in [-0.15, -0.1) is 11.3 Å². The van der Waals surface area contributed by atoms with E-state index in [4.69, 9.17) is 0 Å². The number of hydrogen-bond acceptors (Lipinski definition) is 5. The summed E-state index contributed by atoms with van der Waals surface area (Å²) >= 11 is 1.72. The van der Waals surface area contributed by atoms with E-state index in [9.17, 15) is 5.11 Å². The van der Waals surface area contributed by atoms with Crippen LogP contribution in [0.2, 0.25) is 0 Å². The number of anilines is 1. The molecule has 0 bridgehead atoms. The highest BCUT2D eigenvalue weighted by Crippen LogP contribution is 2.22. The number of rotatable bonds is 4. The molecule has 0 amide bonds. The molecule has 3 rings (SSSR count). The van der Waals surface area contributed by atoms with E-state index in [2.05, 4.69) is 20.2 Å². The molecule has 1 atom stereocenters. The van der Waals surface area contributed by atoms with Gasteiger partial charge in [-0.2, -0.15) is 0 Å². The van der Waals surface area contributed by atoms with E-state index < -0.39 is 6.10 Å². The molecule has 0 spiro atoms. The molecular weight excluding hydrogens is 294 g/mol. The van der Waals surface area contributed by atoms with Crippen molar-refractivity contribution in [2.75, 3.05) is 37.6 Å². The van der Waals surface area contributed by atoms with Crippen LogP contribution in [0, 0.1) is 6.92 Å². The fourth-order valence-corrected chi connectivity index (χ4v) is 3.71. The first-order valence-electron chi connectivity index (χ1n) is 7.85. The molecule has 118 valence electrons. The van der Waals surface area contributed by atoms with Crippen molar-refractivity contribution in [1.82, 2.24) is 9.88 Å². The Labute approximate surface area is 136 Å². The van der Waals surface area contributed by atoms with Gasteiger partial charge in [0.25, 0.3) is 0 Å². The predicted octanol–water partition coefficient (Wildman–Crippen LogP) is 2.70. The third kappa shape index (κ3) is 3.85. The van der Waals surface area contributed by atoms with Crippen molar-refractivity contribution in [3.8, 4) is 0 Å². The number of β-amino-alcohol motifs (C(OH)–C–C–N with tert-alkyl or cyclic N) is 1. The second-order valence-corrected chi connectivity index (χ2v) is 6.68. The molecule has 1 aliphatic heterocycles. The molecule has 22 heavy (non-hydrogen) atoms. The number of aliphatic hydroxyl groups is 1. The summed E-state index contributed by atoms with van der Waals surface area (Å²) in [7, 11) is 0. The standard InChI is InChI=1S/C17H23N3OS/c1-14-13-22-17(18-14)20-9-5-8-19(10-11-20)12-16(21)15-6-3-2-4-7-15/h2-4,6-7,13,16,21H,5,8-12H2,1H3/t16-/m1/s1. The number of hydrogen-bond donors (Lipinski definition) is 1. The lowest BCUT2D eigenvalue weighted by molar-refractivity contribution is 0.117. The van der Waals surface area contributed by atoms with Gasteiger partial charge >= 0.3 is 0 Å². The minimum atomic E-state index is -0.408. The zero-order chi connectivity index (χ0) is 15.4. The highest BCUT2D eigenvalue weighted by atomic mass is 32.1. The summed E-state index contributed by atoms with van der Waals surface area (Å²) < 4.78 is 0. The zero-order valence-electron chi connectivity index (χ0n) is 13.0. The Morgan fingerprint density at radius 3 is 2.73 bits per heavy atom. The van der Waals surface area contributed by atoms with Gasteiger partial charge < -0.3 is 10.0 Å². The molecule has 0 radical (unpaired) electrons. The van der Waals surface area contributed by atoms with Gasteiger partial charge in [-0.1, -0.05) is 30.3 Å². The Balaban J connectivity index is 1.56. The first-order chi connectivity index (χ1) is 10.7. The van der Waals surface area contributed by atoms with Crippen LogP contribution in [0.15, 0.2) is 35.7 Å². The first kappa shape index (κ1) is 15.5. The van der Waals surface area contributed by atoms with E-state index >= 15 is 0 Å². The largest absolute Gasteiger partial charge is 0.387 e. The normalized spacial score (nSPS) is 18.2. The van der Waals surface area contributed by atoms with Gasteiger partial charge in [0.15, 0.2) is 5.13 Å². The van der Waals surface area contributed by atoms with E-state index in [1.807, 2.05) is 37.3 Å². The monoisotopic (exact) mass is 317 g/mol. The molecule has 0 aliphatic carbocycles. The summed E-state index contributed by atoms with van der Waals surface area (Å²) in [5, 5.41) is 13.6. The Morgan fingerprint density at radius 1 is 1.18 bits per heavy atom. The molecule has 1 aliphatic rings. The van der Waals surface area contributed by atoms with Crippen LogP contribution in [0.1, 0.15) is 23.8 Å². The van der Waals surface area contributed by atoms with Crippen LogP contribution in [0.4, 0.5) is 5.13 Å². The van der Waals surface area contributed by atoms with E-state index in [1.54, 1.807) is 11.3 Å². The van der Waals surface area contributed by atoms with Gasteiger partial charge in [0.2, 0.25) is 0 Å². The van der Waals surface area contributed by atoms with Crippen molar-refractivity contribution in [3.05, 3.63) is 47.0 Å². The number of aromatic nitrogens is 1. The average molecular weight is 317 g/mol. The Bertz CT molecular complexity index is 587. The van der Waals surface area contributed by atoms with Crippen LogP contribution in [0.5, 0.6) is 0 Å². The molecule has 1 saturated heterocycles. The maximum atomic E-state index is 10.4. The van der Waals surface area contributed by atoms with E-state index in [0.717, 1.165) is 49.0 Å². The Hall–Kier alpha value is -1.43. The van der Waals surface area contributed by atoms with Gasteiger partial charge in [0, 0.05) is 38.1 Å². The lowest BCUT2D eigenvalue weighted by Crippen LogP contribution is -2.33. The number of thiazole rings is 1. The van der Waals surface area contributed by atoms with Crippen LogP contribution in [0.3, 0.4) is 0 Å². The lowest BCUT2D eigenvalue weighted by atomic mass is 10.1. The number of nitrogens with zero attached hydrogens (tertiary/aromatic N) is 3. The fraction of sp³-hybridized carbons (Fsp3) is 0.471. The predicted molar refractivity (Wildman–Crippen MR) is 91.5 cm³/mol. The third-order valence-electron chi connectivity index (χ3n) is 4.08. The SMILES string of the molecule is Cc1csc(N2CCCN(C[C@@H](O)c3ccccc3)CC2)n1. The second kappa shape index (κ2) is 7.22. The van der Waals surface area contributed by atoms with Crippen LogP contribution in [-0.2, 0) is 0 Å². The zero-order valence-corrected chi connectivity index (χ0v) is 13.8. The smallest absolute Gasteiger partial charge is 0.185 e. The van der Waals surface area contributed by atoms with Gasteiger partial charge in [0.1, 0.15) is 0 Å². The second-order valence-electron chi connectivity index (χ2n) is 5.84. The molecule has 1 aromatic carbocycles. The molecule has 5 heteroatoms. The molecule has 0 saturated carbocycles. The van der Waals surface area contributed by atoms with Gasteiger partial charge in [-0.05, 0) is 18.9 Å². The summed E-state index contributed by atoms with van der Waals surface area (Å²) in [5.41, 5.74) is 2.10. The van der Waals surface area contributed by atoms with Crippen molar-refractivity contribution in [3.63, 3.8) is 0 Å². The molecule has 4 nitrogen and oxygen atoms in total. The minimum absolute atomic E-state index is 0.408. The molecule has 2 heterocycles. The first-order valence-corrected chi connectivity index (χ1v) is 8.73. The quantitative estimate of drug-likeness (QED) is 0.941. The van der Waals surface area contributed by atoms with E-state index in [-0.39, 0.29) is 0 Å². The fourth-order valence-electron chi connectivity index (χ4n) is 2.86. The van der Waals surface area contributed by atoms with Crippen molar-refractivity contribution in [2.45, 2.75) is 19.4 Å².